The van der Waals surface area contributed by atoms with Gasteiger partial charge in [-0.3, -0.25) is 0 Å². The van der Waals surface area contributed by atoms with Crippen LogP contribution in [0.1, 0.15) is 22.6 Å². The van der Waals surface area contributed by atoms with E-state index in [9.17, 15) is 0 Å². The highest BCUT2D eigenvalue weighted by molar-refractivity contribution is 5.91. The topological polar surface area (TPSA) is 38.7 Å². The number of allylic oxidation sites excluding steroid dienone is 1. The summed E-state index contributed by atoms with van der Waals surface area (Å²) < 4.78 is 0. The van der Waals surface area contributed by atoms with E-state index in [-0.39, 0.29) is 24.2 Å². The first-order valence-corrected chi connectivity index (χ1v) is 13.6. The molecule has 6 heteroatoms. The lowest BCUT2D eigenvalue weighted by molar-refractivity contribution is 0.204. The van der Waals surface area contributed by atoms with E-state index in [0.717, 1.165) is 28.6 Å². The predicted molar refractivity (Wildman–Crippen MR) is 158 cm³/mol. The Kier molecular flexibility index (Phi) is 4.57. The van der Waals surface area contributed by atoms with Crippen LogP contribution in [0.2, 0.25) is 0 Å². The van der Waals surface area contributed by atoms with Gasteiger partial charge in [0.2, 0.25) is 0 Å². The first kappa shape index (κ1) is 22.4. The lowest BCUT2D eigenvalue weighted by Crippen LogP contribution is -2.58. The molecule has 8 rings (SSSR count). The molecule has 0 aliphatic carbocycles. The molecule has 3 aromatic carbocycles. The van der Waals surface area contributed by atoms with Crippen LogP contribution in [-0.4, -0.2) is 41.3 Å². The lowest BCUT2D eigenvalue weighted by atomic mass is 9.72. The summed E-state index contributed by atoms with van der Waals surface area (Å²) in [5.74, 6) is 2.03. The van der Waals surface area contributed by atoms with Crippen LogP contribution < -0.4 is 14.7 Å². The molecule has 0 N–H and O–H groups in total. The standard InChI is InChI=1S/C33H30N6/c1-20-11-5-6-12-22(20)30-34-19-27-31(35-30)39-26-16-10-7-13-23(26)21(2)28-24-14-8-9-15-25(24)38-18-17-36(3)32(38)29(28)33(39)37(27)4/h5-19,28-29,32-33H,2H2,1,3-4H3. The van der Waals surface area contributed by atoms with Crippen LogP contribution in [0, 0.1) is 12.8 Å². The second-order valence-corrected chi connectivity index (χ2v) is 11.1. The fourth-order valence-corrected chi connectivity index (χ4v) is 7.34. The van der Waals surface area contributed by atoms with E-state index in [1.165, 1.54) is 28.0 Å². The van der Waals surface area contributed by atoms with Crippen LogP contribution in [0.3, 0.4) is 0 Å². The normalized spacial score (nSPS) is 24.0. The van der Waals surface area contributed by atoms with Gasteiger partial charge < -0.3 is 19.6 Å². The van der Waals surface area contributed by atoms with Crippen molar-refractivity contribution in [3.8, 4) is 11.4 Å². The van der Waals surface area contributed by atoms with Gasteiger partial charge in [-0.25, -0.2) is 9.97 Å². The lowest BCUT2D eigenvalue weighted by Gasteiger charge is -2.50. The molecular formula is C33H30N6. The third-order valence-electron chi connectivity index (χ3n) is 9.08. The minimum absolute atomic E-state index is 0.0232. The zero-order valence-electron chi connectivity index (χ0n) is 22.4. The number of nitrogens with zero attached hydrogens (tertiary/aromatic N) is 6. The summed E-state index contributed by atoms with van der Waals surface area (Å²) in [4.78, 5) is 19.8. The number of hydrogen-bond acceptors (Lipinski definition) is 6. The number of rotatable bonds is 1. The highest BCUT2D eigenvalue weighted by atomic mass is 15.5. The molecule has 4 atom stereocenters. The Balaban J connectivity index is 1.39. The first-order chi connectivity index (χ1) is 19.0. The Bertz CT molecular complexity index is 1690. The molecule has 4 aliphatic rings. The second-order valence-electron chi connectivity index (χ2n) is 11.1. The van der Waals surface area contributed by atoms with E-state index in [0.29, 0.717) is 0 Å². The summed E-state index contributed by atoms with van der Waals surface area (Å²) in [5.41, 5.74) is 9.38. The van der Waals surface area contributed by atoms with Gasteiger partial charge in [-0.2, -0.15) is 0 Å². The van der Waals surface area contributed by atoms with Gasteiger partial charge in [-0.05, 0) is 35.8 Å². The highest BCUT2D eigenvalue weighted by Crippen LogP contribution is 2.59. The Morgan fingerprint density at radius 3 is 2.31 bits per heavy atom. The third-order valence-corrected chi connectivity index (χ3v) is 9.08. The van der Waals surface area contributed by atoms with Crippen LogP contribution in [-0.2, 0) is 0 Å². The van der Waals surface area contributed by atoms with E-state index in [1.54, 1.807) is 0 Å². The SMILES string of the molecule is C=C1c2ccccc2N2c3nc(-c4ccccc4C)ncc3N(C)C2C2C1c1ccccc1N1C=CN(C)C21. The van der Waals surface area contributed by atoms with Crippen molar-refractivity contribution < 1.29 is 0 Å². The third kappa shape index (κ3) is 2.91. The molecule has 6 nitrogen and oxygen atoms in total. The van der Waals surface area contributed by atoms with Crippen LogP contribution in [0.4, 0.5) is 22.9 Å². The molecule has 0 saturated carbocycles. The Morgan fingerprint density at radius 2 is 1.49 bits per heavy atom. The van der Waals surface area contributed by atoms with Crippen molar-refractivity contribution in [2.45, 2.75) is 25.2 Å². The summed E-state index contributed by atoms with van der Waals surface area (Å²) >= 11 is 0. The molecule has 1 aromatic heterocycles. The predicted octanol–water partition coefficient (Wildman–Crippen LogP) is 6.36. The number of aryl methyl sites for hydroxylation is 1. The number of aromatic nitrogens is 2. The van der Waals surface area contributed by atoms with Gasteiger partial charge in [0.05, 0.1) is 11.9 Å². The highest BCUT2D eigenvalue weighted by Gasteiger charge is 2.56. The molecule has 192 valence electrons. The summed E-state index contributed by atoms with van der Waals surface area (Å²) in [6.07, 6.45) is 6.60. The smallest absolute Gasteiger partial charge is 0.162 e. The van der Waals surface area contributed by atoms with Crippen molar-refractivity contribution in [3.63, 3.8) is 0 Å². The van der Waals surface area contributed by atoms with E-state index in [4.69, 9.17) is 16.5 Å². The Labute approximate surface area is 229 Å². The van der Waals surface area contributed by atoms with Gasteiger partial charge in [-0.1, -0.05) is 67.2 Å². The van der Waals surface area contributed by atoms with E-state index >= 15 is 0 Å². The van der Waals surface area contributed by atoms with E-state index in [2.05, 4.69) is 126 Å². The maximum absolute atomic E-state index is 5.27. The largest absolute Gasteiger partial charge is 0.358 e. The maximum atomic E-state index is 5.27. The number of benzene rings is 3. The minimum atomic E-state index is 0.0232. The molecule has 0 radical (unpaired) electrons. The first-order valence-electron chi connectivity index (χ1n) is 13.6. The van der Waals surface area contributed by atoms with Crippen molar-refractivity contribution >= 4 is 28.5 Å². The van der Waals surface area contributed by atoms with Gasteiger partial charge in [-0.15, -0.1) is 0 Å². The number of fused-ring (bicyclic) bond motifs is 12. The van der Waals surface area contributed by atoms with Crippen LogP contribution >= 0.6 is 0 Å². The van der Waals surface area contributed by atoms with Crippen molar-refractivity contribution in [3.05, 3.63) is 115 Å². The monoisotopic (exact) mass is 510 g/mol. The molecule has 0 bridgehead atoms. The molecule has 4 unspecified atom stereocenters. The average molecular weight is 511 g/mol. The zero-order chi connectivity index (χ0) is 26.4. The molecule has 0 amide bonds. The number of hydrogen-bond donors (Lipinski definition) is 0. The molecule has 0 spiro atoms. The van der Waals surface area contributed by atoms with Crippen molar-refractivity contribution in [1.82, 2.24) is 14.9 Å². The summed E-state index contributed by atoms with van der Waals surface area (Å²) in [5, 5.41) is 0. The molecule has 5 heterocycles. The molecular weight excluding hydrogens is 480 g/mol. The van der Waals surface area contributed by atoms with Gasteiger partial charge in [0.1, 0.15) is 18.0 Å². The van der Waals surface area contributed by atoms with Gasteiger partial charge in [0.25, 0.3) is 0 Å². The summed E-state index contributed by atoms with van der Waals surface area (Å²) in [6.45, 7) is 6.91. The molecule has 0 saturated heterocycles. The van der Waals surface area contributed by atoms with Crippen molar-refractivity contribution in [1.29, 1.82) is 0 Å². The quantitative estimate of drug-likeness (QED) is 0.297. The molecule has 4 aliphatic heterocycles. The minimum Gasteiger partial charge on any atom is -0.358 e. The average Bonchev–Trinajstić information content (AvgIpc) is 3.45. The van der Waals surface area contributed by atoms with Gasteiger partial charge >= 0.3 is 0 Å². The number of anilines is 4. The van der Waals surface area contributed by atoms with Crippen molar-refractivity contribution in [2.75, 3.05) is 28.8 Å². The fourth-order valence-electron chi connectivity index (χ4n) is 7.34. The van der Waals surface area contributed by atoms with E-state index in [1.807, 2.05) is 6.20 Å². The Morgan fingerprint density at radius 1 is 0.769 bits per heavy atom. The zero-order valence-corrected chi connectivity index (χ0v) is 22.4. The van der Waals surface area contributed by atoms with Crippen LogP contribution in [0.5, 0.6) is 0 Å². The summed E-state index contributed by atoms with van der Waals surface area (Å²) in [7, 11) is 4.39. The summed E-state index contributed by atoms with van der Waals surface area (Å²) in [6, 6.07) is 25.9. The fraction of sp³-hybridized carbons (Fsp3) is 0.212. The molecule has 39 heavy (non-hydrogen) atoms. The molecule has 0 fully saturated rings. The van der Waals surface area contributed by atoms with Crippen LogP contribution in [0.25, 0.3) is 17.0 Å². The van der Waals surface area contributed by atoms with Gasteiger partial charge in [0.15, 0.2) is 11.6 Å². The maximum Gasteiger partial charge on any atom is 0.162 e. The molecule has 4 aromatic rings. The van der Waals surface area contributed by atoms with E-state index < -0.39 is 0 Å². The second kappa shape index (κ2) is 7.96. The number of para-hydroxylation sites is 2. The van der Waals surface area contributed by atoms with Crippen molar-refractivity contribution in [2.24, 2.45) is 5.92 Å². The van der Waals surface area contributed by atoms with Crippen LogP contribution in [0.15, 0.2) is 98.0 Å². The Hall–Kier alpha value is -4.58. The van der Waals surface area contributed by atoms with Gasteiger partial charge in [0, 0.05) is 55.1 Å².